The zero-order valence-corrected chi connectivity index (χ0v) is 16.2. The number of nitrogens with zero attached hydrogens (tertiary/aromatic N) is 3. The van der Waals surface area contributed by atoms with Gasteiger partial charge in [0.15, 0.2) is 15.0 Å². The number of benzene rings is 1. The molecule has 5 nitrogen and oxygen atoms in total. The summed E-state index contributed by atoms with van der Waals surface area (Å²) < 4.78 is 25.1. The molecule has 3 rings (SSSR count). The normalized spacial score (nSPS) is 19.7. The summed E-state index contributed by atoms with van der Waals surface area (Å²) in [6.45, 7) is 0. The van der Waals surface area contributed by atoms with E-state index >= 15 is 0 Å². The molecule has 0 saturated carbocycles. The van der Waals surface area contributed by atoms with Gasteiger partial charge < -0.3 is 4.57 Å². The highest BCUT2D eigenvalue weighted by Gasteiger charge is 2.29. The van der Waals surface area contributed by atoms with Crippen molar-refractivity contribution in [1.82, 2.24) is 14.8 Å². The van der Waals surface area contributed by atoms with Gasteiger partial charge in [-0.05, 0) is 30.0 Å². The molecule has 1 aliphatic rings. The van der Waals surface area contributed by atoms with Gasteiger partial charge in [-0.15, -0.1) is 10.2 Å². The van der Waals surface area contributed by atoms with Gasteiger partial charge in [0.25, 0.3) is 0 Å². The Kier molecular flexibility index (Phi) is 5.44. The van der Waals surface area contributed by atoms with Crippen molar-refractivity contribution in [3.63, 3.8) is 0 Å². The molecule has 2 aromatic rings. The largest absolute Gasteiger partial charge is 0.309 e. The Bertz CT molecular complexity index is 832. The van der Waals surface area contributed by atoms with Crippen LogP contribution in [-0.4, -0.2) is 34.7 Å². The van der Waals surface area contributed by atoms with Gasteiger partial charge in [0, 0.05) is 29.3 Å². The molecule has 1 fully saturated rings. The fraction of sp³-hybridized carbons (Fsp3) is 0.467. The second kappa shape index (κ2) is 7.23. The molecule has 1 saturated heterocycles. The van der Waals surface area contributed by atoms with E-state index in [4.69, 9.17) is 23.2 Å². The Morgan fingerprint density at radius 3 is 2.62 bits per heavy atom. The molecule has 0 radical (unpaired) electrons. The van der Waals surface area contributed by atoms with E-state index in [-0.39, 0.29) is 17.4 Å². The molecular formula is C15H17Cl2N3O2S2. The molecule has 24 heavy (non-hydrogen) atoms. The monoisotopic (exact) mass is 405 g/mol. The smallest absolute Gasteiger partial charge is 0.191 e. The summed E-state index contributed by atoms with van der Waals surface area (Å²) in [6, 6.07) is 5.44. The lowest BCUT2D eigenvalue weighted by Gasteiger charge is -2.08. The highest BCUT2D eigenvalue weighted by molar-refractivity contribution is 7.98. The third-order valence-corrected chi connectivity index (χ3v) is 7.72. The summed E-state index contributed by atoms with van der Waals surface area (Å²) in [5, 5.41) is 10.5. The molecule has 1 atom stereocenters. The number of aromatic nitrogens is 3. The fourth-order valence-corrected chi connectivity index (χ4v) is 6.28. The van der Waals surface area contributed by atoms with Crippen LogP contribution in [-0.2, 0) is 29.1 Å². The molecule has 0 spiro atoms. The number of hydrogen-bond acceptors (Lipinski definition) is 5. The Morgan fingerprint density at radius 1 is 1.29 bits per heavy atom. The second-order valence-corrected chi connectivity index (χ2v) is 9.91. The van der Waals surface area contributed by atoms with Gasteiger partial charge in [0.1, 0.15) is 5.82 Å². The van der Waals surface area contributed by atoms with Crippen molar-refractivity contribution >= 4 is 44.8 Å². The van der Waals surface area contributed by atoms with Gasteiger partial charge in [0.2, 0.25) is 0 Å². The van der Waals surface area contributed by atoms with Crippen molar-refractivity contribution in [2.45, 2.75) is 23.8 Å². The topological polar surface area (TPSA) is 64.8 Å². The molecular weight excluding hydrogens is 389 g/mol. The van der Waals surface area contributed by atoms with Crippen LogP contribution in [0.5, 0.6) is 0 Å². The van der Waals surface area contributed by atoms with E-state index in [1.807, 2.05) is 29.8 Å². The van der Waals surface area contributed by atoms with Crippen LogP contribution in [0.15, 0.2) is 23.4 Å². The van der Waals surface area contributed by atoms with E-state index in [9.17, 15) is 8.42 Å². The lowest BCUT2D eigenvalue weighted by molar-refractivity contribution is 0.552. The van der Waals surface area contributed by atoms with E-state index < -0.39 is 9.84 Å². The predicted molar refractivity (Wildman–Crippen MR) is 97.5 cm³/mol. The van der Waals surface area contributed by atoms with Gasteiger partial charge in [-0.1, -0.05) is 41.0 Å². The SMILES string of the molecule is Cn1c(C[C@@H]2CCS(=O)(=O)C2)nnc1SCc1c(Cl)cccc1Cl. The van der Waals surface area contributed by atoms with Crippen molar-refractivity contribution in [2.24, 2.45) is 13.0 Å². The summed E-state index contributed by atoms with van der Waals surface area (Å²) in [4.78, 5) is 0. The van der Waals surface area contributed by atoms with Gasteiger partial charge in [-0.3, -0.25) is 0 Å². The van der Waals surface area contributed by atoms with Crippen molar-refractivity contribution in [3.05, 3.63) is 39.6 Å². The van der Waals surface area contributed by atoms with E-state index in [1.165, 1.54) is 11.8 Å². The van der Waals surface area contributed by atoms with Crippen LogP contribution in [0.4, 0.5) is 0 Å². The average Bonchev–Trinajstić information content (AvgIpc) is 3.03. The molecule has 1 aromatic carbocycles. The number of sulfone groups is 1. The van der Waals surface area contributed by atoms with E-state index in [1.54, 1.807) is 0 Å². The lowest BCUT2D eigenvalue weighted by Crippen LogP contribution is -2.11. The molecule has 9 heteroatoms. The zero-order chi connectivity index (χ0) is 17.3. The van der Waals surface area contributed by atoms with Crippen LogP contribution < -0.4 is 0 Å². The highest BCUT2D eigenvalue weighted by atomic mass is 35.5. The summed E-state index contributed by atoms with van der Waals surface area (Å²) in [7, 11) is -0.971. The molecule has 0 amide bonds. The fourth-order valence-electron chi connectivity index (χ4n) is 2.75. The minimum absolute atomic E-state index is 0.133. The minimum atomic E-state index is -2.87. The maximum Gasteiger partial charge on any atom is 0.191 e. The van der Waals surface area contributed by atoms with Crippen molar-refractivity contribution in [2.75, 3.05) is 11.5 Å². The Morgan fingerprint density at radius 2 is 2.00 bits per heavy atom. The van der Waals surface area contributed by atoms with Crippen molar-refractivity contribution < 1.29 is 8.42 Å². The number of thioether (sulfide) groups is 1. The zero-order valence-electron chi connectivity index (χ0n) is 13.1. The standard InChI is InChI=1S/C15H17Cl2N3O2S2/c1-20-14(7-10-5-6-24(21,22)9-10)18-19-15(20)23-8-11-12(16)3-2-4-13(11)17/h2-4,10H,5-9H2,1H3/t10-/m0/s1. The summed E-state index contributed by atoms with van der Waals surface area (Å²) >= 11 is 13.9. The van der Waals surface area contributed by atoms with Crippen molar-refractivity contribution in [3.8, 4) is 0 Å². The van der Waals surface area contributed by atoms with Gasteiger partial charge in [-0.2, -0.15) is 0 Å². The quantitative estimate of drug-likeness (QED) is 0.713. The second-order valence-electron chi connectivity index (χ2n) is 5.92. The van der Waals surface area contributed by atoms with Gasteiger partial charge >= 0.3 is 0 Å². The van der Waals surface area contributed by atoms with Crippen LogP contribution in [0.3, 0.4) is 0 Å². The van der Waals surface area contributed by atoms with Gasteiger partial charge in [0.05, 0.1) is 11.5 Å². The molecule has 1 aromatic heterocycles. The maximum atomic E-state index is 11.6. The van der Waals surface area contributed by atoms with Crippen LogP contribution >= 0.6 is 35.0 Å². The molecule has 0 aliphatic carbocycles. The van der Waals surface area contributed by atoms with Crippen molar-refractivity contribution in [1.29, 1.82) is 0 Å². The summed E-state index contributed by atoms with van der Waals surface area (Å²) in [5.41, 5.74) is 0.872. The Labute approximate surface area is 155 Å². The van der Waals surface area contributed by atoms with E-state index in [0.717, 1.165) is 16.5 Å². The maximum absolute atomic E-state index is 11.6. The van der Waals surface area contributed by atoms with Gasteiger partial charge in [-0.25, -0.2) is 8.42 Å². The van der Waals surface area contributed by atoms with Crippen LogP contribution in [0.25, 0.3) is 0 Å². The molecule has 0 bridgehead atoms. The lowest BCUT2D eigenvalue weighted by atomic mass is 10.1. The number of halogens is 2. The van der Waals surface area contributed by atoms with Crippen LogP contribution in [0, 0.1) is 5.92 Å². The molecule has 2 heterocycles. The number of rotatable bonds is 5. The predicted octanol–water partition coefficient (Wildman–Crippen LogP) is 3.39. The van der Waals surface area contributed by atoms with E-state index in [2.05, 4.69) is 10.2 Å². The Hall–Kier alpha value is -0.760. The first kappa shape index (κ1) is 18.0. The molecule has 0 N–H and O–H groups in total. The third kappa shape index (κ3) is 4.07. The first-order valence-corrected chi connectivity index (χ1v) is 11.1. The highest BCUT2D eigenvalue weighted by Crippen LogP contribution is 2.31. The first-order valence-electron chi connectivity index (χ1n) is 7.50. The molecule has 130 valence electrons. The van der Waals surface area contributed by atoms with E-state index in [0.29, 0.717) is 28.6 Å². The van der Waals surface area contributed by atoms with Crippen LogP contribution in [0.1, 0.15) is 17.8 Å². The third-order valence-electron chi connectivity index (χ3n) is 4.13. The minimum Gasteiger partial charge on any atom is -0.309 e. The average molecular weight is 406 g/mol. The summed E-state index contributed by atoms with van der Waals surface area (Å²) in [5.74, 6) is 2.07. The number of hydrogen-bond donors (Lipinski definition) is 0. The summed E-state index contributed by atoms with van der Waals surface area (Å²) in [6.07, 6.45) is 1.34. The molecule has 0 unspecified atom stereocenters. The first-order chi connectivity index (χ1) is 11.4. The van der Waals surface area contributed by atoms with Crippen LogP contribution in [0.2, 0.25) is 10.0 Å². The molecule has 1 aliphatic heterocycles. The Balaban J connectivity index is 1.67.